The standard InChI is InChI=1S/C27H24N2O3.C12H20O.C5H8.2C2H6/c30-27-25-14-9-22(21-7-2-1-3-8-21)19-26(25)32-20-29(27)23-10-12-24(13-11-23)31-18-6-17-28-15-4-5-16-28;1-4-8-12(6-3)9-7-11-13-10-5-2;1-3-5-4-2;2*1-2/h1-5,7-16,19H,6,17-18,20H2;4-6,8H,2,7,9-11H2,1,3H3;3-5H,1H2,2H3;2*1-2H3/b;8-4-,12-6+;5-4-;;. The Morgan fingerprint density at radius 2 is 1.52 bits per heavy atom. The normalized spacial score (nSPS) is 11.6. The van der Waals surface area contributed by atoms with Gasteiger partial charge in [-0.2, -0.15) is 0 Å². The lowest BCUT2D eigenvalue weighted by Gasteiger charge is -2.29. The van der Waals surface area contributed by atoms with Crippen molar-refractivity contribution in [1.29, 1.82) is 0 Å². The van der Waals surface area contributed by atoms with Crippen molar-refractivity contribution in [3.63, 3.8) is 0 Å². The molecule has 290 valence electrons. The second-order valence-corrected chi connectivity index (χ2v) is 11.3. The van der Waals surface area contributed by atoms with E-state index in [0.29, 0.717) is 24.5 Å². The molecule has 2 heterocycles. The summed E-state index contributed by atoms with van der Waals surface area (Å²) in [6.07, 6.45) is 20.9. The molecule has 0 spiro atoms. The molecular formula is C48H64N2O4. The van der Waals surface area contributed by atoms with Gasteiger partial charge in [0.25, 0.3) is 5.91 Å². The fraction of sp³-hybridized carbons (Fsp3) is 0.312. The topological polar surface area (TPSA) is 52.9 Å². The maximum Gasteiger partial charge on any atom is 0.264 e. The summed E-state index contributed by atoms with van der Waals surface area (Å²) in [6.45, 7) is 24.4. The highest BCUT2D eigenvalue weighted by Gasteiger charge is 2.27. The maximum atomic E-state index is 13.1. The second-order valence-electron chi connectivity index (χ2n) is 11.3. The number of rotatable bonds is 15. The van der Waals surface area contributed by atoms with E-state index in [0.717, 1.165) is 55.0 Å². The van der Waals surface area contributed by atoms with Crippen molar-refractivity contribution < 1.29 is 19.0 Å². The molecule has 6 heteroatoms. The Morgan fingerprint density at radius 3 is 2.11 bits per heavy atom. The summed E-state index contributed by atoms with van der Waals surface area (Å²) >= 11 is 0. The summed E-state index contributed by atoms with van der Waals surface area (Å²) in [4.78, 5) is 14.7. The van der Waals surface area contributed by atoms with Crippen LogP contribution in [0.2, 0.25) is 0 Å². The van der Waals surface area contributed by atoms with Crippen LogP contribution < -0.4 is 14.4 Å². The van der Waals surface area contributed by atoms with Gasteiger partial charge in [-0.05, 0) is 99.7 Å². The first-order valence-corrected chi connectivity index (χ1v) is 19.2. The third kappa shape index (κ3) is 17.5. The number of ether oxygens (including phenoxy) is 3. The van der Waals surface area contributed by atoms with E-state index in [2.05, 4.69) is 42.9 Å². The van der Waals surface area contributed by atoms with Crippen molar-refractivity contribution in [2.45, 2.75) is 74.3 Å². The molecule has 1 aliphatic heterocycles. The van der Waals surface area contributed by atoms with Crippen molar-refractivity contribution >= 4 is 11.6 Å². The number of carbonyl (C=O) groups excluding carboxylic acids is 1. The third-order valence-electron chi connectivity index (χ3n) is 7.63. The molecule has 0 saturated heterocycles. The highest BCUT2D eigenvalue weighted by atomic mass is 16.5. The lowest BCUT2D eigenvalue weighted by molar-refractivity contribution is 0.0937. The number of amides is 1. The van der Waals surface area contributed by atoms with Gasteiger partial charge in [0.15, 0.2) is 6.73 Å². The average Bonchev–Trinajstić information content (AvgIpc) is 3.76. The first kappa shape index (κ1) is 46.7. The van der Waals surface area contributed by atoms with Gasteiger partial charge in [0, 0.05) is 31.2 Å². The molecule has 0 aliphatic carbocycles. The molecule has 0 fully saturated rings. The van der Waals surface area contributed by atoms with Crippen molar-refractivity contribution in [1.82, 2.24) is 4.57 Å². The van der Waals surface area contributed by atoms with Crippen molar-refractivity contribution in [2.24, 2.45) is 0 Å². The summed E-state index contributed by atoms with van der Waals surface area (Å²) < 4.78 is 19.2. The molecule has 54 heavy (non-hydrogen) atoms. The SMILES string of the molecule is C=C/C=C\C.C=CCOCCCC(/C=C\C)=C/C.CC.CC.O=C1c2ccc(-c3ccccc3)cc2OCN1c1ccc(OCCCn2cccc2)cc1. The van der Waals surface area contributed by atoms with Gasteiger partial charge in [-0.1, -0.05) is 119 Å². The minimum absolute atomic E-state index is 0.0637. The number of aromatic nitrogens is 1. The highest BCUT2D eigenvalue weighted by molar-refractivity contribution is 6.09. The maximum absolute atomic E-state index is 13.1. The molecule has 5 rings (SSSR count). The second kappa shape index (κ2) is 30.2. The monoisotopic (exact) mass is 732 g/mol. The van der Waals surface area contributed by atoms with Gasteiger partial charge in [-0.3, -0.25) is 9.69 Å². The summed E-state index contributed by atoms with van der Waals surface area (Å²) in [6, 6.07) is 27.4. The van der Waals surface area contributed by atoms with Crippen LogP contribution in [-0.2, 0) is 11.3 Å². The zero-order valence-electron chi connectivity index (χ0n) is 33.9. The molecule has 0 unspecified atom stereocenters. The number of hydrogen-bond acceptors (Lipinski definition) is 4. The molecule has 0 bridgehead atoms. The largest absolute Gasteiger partial charge is 0.494 e. The fourth-order valence-corrected chi connectivity index (χ4v) is 5.06. The van der Waals surface area contributed by atoms with Crippen molar-refractivity contribution in [2.75, 3.05) is 31.5 Å². The third-order valence-corrected chi connectivity index (χ3v) is 7.63. The van der Waals surface area contributed by atoms with E-state index < -0.39 is 0 Å². The van der Waals surface area contributed by atoms with E-state index in [4.69, 9.17) is 14.2 Å². The number of benzene rings is 3. The Balaban J connectivity index is 0.000000553. The van der Waals surface area contributed by atoms with Crippen molar-refractivity contribution in [3.05, 3.63) is 164 Å². The Bertz CT molecular complexity index is 1650. The highest BCUT2D eigenvalue weighted by Crippen LogP contribution is 2.33. The van der Waals surface area contributed by atoms with Crippen LogP contribution in [0.4, 0.5) is 5.69 Å². The van der Waals surface area contributed by atoms with Crippen LogP contribution in [0.5, 0.6) is 11.5 Å². The fourth-order valence-electron chi connectivity index (χ4n) is 5.06. The molecule has 6 nitrogen and oxygen atoms in total. The van der Waals surface area contributed by atoms with Crippen LogP contribution in [0, 0.1) is 0 Å². The Kier molecular flexibility index (Phi) is 26.1. The smallest absolute Gasteiger partial charge is 0.264 e. The van der Waals surface area contributed by atoms with E-state index in [-0.39, 0.29) is 12.6 Å². The summed E-state index contributed by atoms with van der Waals surface area (Å²) in [5.74, 6) is 1.35. The zero-order chi connectivity index (χ0) is 39.8. The van der Waals surface area contributed by atoms with E-state index in [1.807, 2.05) is 151 Å². The predicted octanol–water partition coefficient (Wildman–Crippen LogP) is 12.9. The molecule has 1 amide bonds. The number of anilines is 1. The minimum atomic E-state index is -0.0637. The lowest BCUT2D eigenvalue weighted by atomic mass is 10.0. The predicted molar refractivity (Wildman–Crippen MR) is 232 cm³/mol. The van der Waals surface area contributed by atoms with Gasteiger partial charge in [-0.15, -0.1) is 6.58 Å². The molecule has 0 N–H and O–H groups in total. The van der Waals surface area contributed by atoms with E-state index in [1.165, 1.54) is 5.57 Å². The van der Waals surface area contributed by atoms with Crippen LogP contribution in [0.25, 0.3) is 11.1 Å². The first-order chi connectivity index (χ1) is 26.5. The van der Waals surface area contributed by atoms with Crippen molar-refractivity contribution in [3.8, 4) is 22.6 Å². The molecule has 4 aromatic rings. The summed E-state index contributed by atoms with van der Waals surface area (Å²) in [5, 5.41) is 0. The number of carbonyl (C=O) groups is 1. The Morgan fingerprint density at radius 1 is 0.815 bits per heavy atom. The molecule has 1 aromatic heterocycles. The summed E-state index contributed by atoms with van der Waals surface area (Å²) in [5.41, 5.74) is 4.86. The molecule has 0 radical (unpaired) electrons. The molecule has 1 aliphatic rings. The van der Waals surface area contributed by atoms with Crippen LogP contribution >= 0.6 is 0 Å². The number of nitrogens with zero attached hydrogens (tertiary/aromatic N) is 2. The Labute approximate surface area is 326 Å². The van der Waals surface area contributed by atoms with Gasteiger partial charge < -0.3 is 18.8 Å². The molecule has 0 atom stereocenters. The zero-order valence-corrected chi connectivity index (χ0v) is 33.9. The lowest BCUT2D eigenvalue weighted by Crippen LogP contribution is -2.38. The minimum Gasteiger partial charge on any atom is -0.494 e. The first-order valence-electron chi connectivity index (χ1n) is 19.2. The van der Waals surface area contributed by atoms with E-state index >= 15 is 0 Å². The van der Waals surface area contributed by atoms with Crippen LogP contribution in [0.15, 0.2) is 159 Å². The van der Waals surface area contributed by atoms with E-state index in [1.54, 1.807) is 17.1 Å². The molecule has 0 saturated carbocycles. The van der Waals surface area contributed by atoms with Crippen LogP contribution in [0.3, 0.4) is 0 Å². The quantitative estimate of drug-likeness (QED) is 0.0694. The number of aryl methyl sites for hydroxylation is 1. The van der Waals surface area contributed by atoms with Gasteiger partial charge in [0.1, 0.15) is 11.5 Å². The van der Waals surface area contributed by atoms with Gasteiger partial charge in [-0.25, -0.2) is 0 Å². The van der Waals surface area contributed by atoms with E-state index in [9.17, 15) is 4.79 Å². The van der Waals surface area contributed by atoms with Crippen LogP contribution in [-0.4, -0.2) is 37.0 Å². The molecule has 3 aromatic carbocycles. The van der Waals surface area contributed by atoms with Gasteiger partial charge >= 0.3 is 0 Å². The number of fused-ring (bicyclic) bond motifs is 1. The summed E-state index contributed by atoms with van der Waals surface area (Å²) in [7, 11) is 0. The molecular weight excluding hydrogens is 669 g/mol. The number of allylic oxidation sites excluding steroid dienone is 7. The van der Waals surface area contributed by atoms with Gasteiger partial charge in [0.2, 0.25) is 0 Å². The number of hydrogen-bond donors (Lipinski definition) is 0. The van der Waals surface area contributed by atoms with Gasteiger partial charge in [0.05, 0.1) is 18.8 Å². The average molecular weight is 733 g/mol. The Hall–Kier alpha value is -5.33. The van der Waals surface area contributed by atoms with Crippen LogP contribution in [0.1, 0.15) is 78.1 Å².